The molecule has 9 nitrogen and oxygen atoms in total. The molecule has 156 valence electrons. The number of carbonyl (C=O) groups excluding carboxylic acids is 1. The van der Waals surface area contributed by atoms with Gasteiger partial charge in [0.05, 0.1) is 17.4 Å². The molecule has 4 aromatic heterocycles. The molecular formula is C23H18N8O. The summed E-state index contributed by atoms with van der Waals surface area (Å²) < 4.78 is 4.00. The summed E-state index contributed by atoms with van der Waals surface area (Å²) in [5.41, 5.74) is 4.38. The van der Waals surface area contributed by atoms with E-state index in [-0.39, 0.29) is 5.91 Å². The third-order valence-corrected chi connectivity index (χ3v) is 5.50. The third-order valence-electron chi connectivity index (χ3n) is 5.50. The summed E-state index contributed by atoms with van der Waals surface area (Å²) in [6.45, 7) is 0. The van der Waals surface area contributed by atoms with E-state index in [0.29, 0.717) is 17.4 Å². The highest BCUT2D eigenvalue weighted by Gasteiger charge is 2.26. The number of carbonyl (C=O) groups is 1. The molecule has 9 heteroatoms. The summed E-state index contributed by atoms with van der Waals surface area (Å²) in [6.07, 6.45) is 10.8. The van der Waals surface area contributed by atoms with Gasteiger partial charge in [0, 0.05) is 29.7 Å². The van der Waals surface area contributed by atoms with Crippen molar-refractivity contribution in [1.82, 2.24) is 34.3 Å². The van der Waals surface area contributed by atoms with Gasteiger partial charge in [0.2, 0.25) is 0 Å². The zero-order chi connectivity index (χ0) is 21.5. The van der Waals surface area contributed by atoms with Crippen molar-refractivity contribution in [2.75, 3.05) is 5.32 Å². The van der Waals surface area contributed by atoms with Gasteiger partial charge in [-0.1, -0.05) is 12.1 Å². The molecule has 0 bridgehead atoms. The monoisotopic (exact) mass is 422 g/mol. The number of nitrogens with one attached hydrogen (secondary N) is 1. The van der Waals surface area contributed by atoms with Gasteiger partial charge < -0.3 is 9.88 Å². The molecule has 0 saturated heterocycles. The number of amides is 1. The average Bonchev–Trinajstić information content (AvgIpc) is 3.39. The number of imidazole rings is 1. The Bertz CT molecular complexity index is 1450. The van der Waals surface area contributed by atoms with Crippen LogP contribution in [0.1, 0.15) is 29.4 Å². The van der Waals surface area contributed by atoms with Crippen LogP contribution in [0.25, 0.3) is 28.1 Å². The Morgan fingerprint density at radius 3 is 2.88 bits per heavy atom. The van der Waals surface area contributed by atoms with Crippen LogP contribution in [0.3, 0.4) is 0 Å². The minimum absolute atomic E-state index is 0.293. The topological polar surface area (TPSA) is 103 Å². The van der Waals surface area contributed by atoms with Crippen molar-refractivity contribution in [3.8, 4) is 17.1 Å². The van der Waals surface area contributed by atoms with Gasteiger partial charge in [-0.25, -0.2) is 4.98 Å². The second-order valence-corrected chi connectivity index (χ2v) is 7.71. The van der Waals surface area contributed by atoms with Crippen molar-refractivity contribution in [2.24, 2.45) is 0 Å². The summed E-state index contributed by atoms with van der Waals surface area (Å²) in [4.78, 5) is 25.7. The minimum atomic E-state index is -0.293. The van der Waals surface area contributed by atoms with Gasteiger partial charge in [0.1, 0.15) is 23.9 Å². The summed E-state index contributed by atoms with van der Waals surface area (Å²) in [7, 11) is 0. The molecule has 1 fully saturated rings. The first-order valence-corrected chi connectivity index (χ1v) is 10.3. The van der Waals surface area contributed by atoms with Crippen molar-refractivity contribution in [3.05, 3.63) is 79.4 Å². The highest BCUT2D eigenvalue weighted by atomic mass is 16.1. The number of hydrogen-bond acceptors (Lipinski definition) is 6. The molecule has 0 unspecified atom stereocenters. The first kappa shape index (κ1) is 18.4. The Balaban J connectivity index is 1.27. The first-order valence-electron chi connectivity index (χ1n) is 10.3. The Morgan fingerprint density at radius 1 is 1.03 bits per heavy atom. The van der Waals surface area contributed by atoms with Crippen LogP contribution in [0, 0.1) is 0 Å². The molecule has 1 N–H and O–H groups in total. The van der Waals surface area contributed by atoms with Gasteiger partial charge >= 0.3 is 0 Å². The van der Waals surface area contributed by atoms with E-state index < -0.39 is 0 Å². The maximum Gasteiger partial charge on any atom is 0.274 e. The Hall–Kier alpha value is -4.40. The van der Waals surface area contributed by atoms with Crippen LogP contribution in [-0.2, 0) is 0 Å². The molecule has 1 aromatic carbocycles. The summed E-state index contributed by atoms with van der Waals surface area (Å²) in [5.74, 6) is 0.518. The van der Waals surface area contributed by atoms with Crippen molar-refractivity contribution in [3.63, 3.8) is 0 Å². The van der Waals surface area contributed by atoms with Crippen LogP contribution in [0.4, 0.5) is 5.69 Å². The Labute approximate surface area is 182 Å². The maximum absolute atomic E-state index is 12.9. The first-order chi connectivity index (χ1) is 15.8. The lowest BCUT2D eigenvalue weighted by Crippen LogP contribution is -2.14. The highest BCUT2D eigenvalue weighted by molar-refractivity contribution is 6.03. The number of aromatic nitrogens is 7. The van der Waals surface area contributed by atoms with Crippen molar-refractivity contribution in [2.45, 2.75) is 18.9 Å². The molecule has 0 spiro atoms. The highest BCUT2D eigenvalue weighted by Crippen LogP contribution is 2.37. The summed E-state index contributed by atoms with van der Waals surface area (Å²) in [5, 5.41) is 11.3. The molecule has 4 heterocycles. The van der Waals surface area contributed by atoms with E-state index in [0.717, 1.165) is 41.0 Å². The van der Waals surface area contributed by atoms with Crippen LogP contribution < -0.4 is 5.32 Å². The molecule has 0 radical (unpaired) electrons. The van der Waals surface area contributed by atoms with Crippen LogP contribution in [0.2, 0.25) is 0 Å². The standard InChI is InChI=1S/C23H18N8O/c32-23(19-11-18(6-9-25-19)30-13-26-20-12-24-8-7-21(20)30)28-16-3-1-2-15(10-16)22-29-27-14-31(22)17-4-5-17/h1-3,6-14,17H,4-5H2,(H,28,32). The number of anilines is 1. The molecule has 5 aromatic rings. The predicted octanol–water partition coefficient (Wildman–Crippen LogP) is 3.66. The van der Waals surface area contributed by atoms with E-state index in [2.05, 4.69) is 35.0 Å². The molecule has 0 atom stereocenters. The third kappa shape index (κ3) is 3.29. The fourth-order valence-electron chi connectivity index (χ4n) is 3.76. The fourth-order valence-corrected chi connectivity index (χ4v) is 3.76. The SMILES string of the molecule is O=C(Nc1cccc(-c2nncn2C2CC2)c1)c1cc(-n2cnc3cnccc32)ccn1. The van der Waals surface area contributed by atoms with Gasteiger partial charge in [0.25, 0.3) is 5.91 Å². The Morgan fingerprint density at radius 2 is 1.97 bits per heavy atom. The average molecular weight is 422 g/mol. The molecule has 1 saturated carbocycles. The van der Waals surface area contributed by atoms with E-state index in [1.54, 1.807) is 37.3 Å². The Kier molecular flexibility index (Phi) is 4.24. The molecular weight excluding hydrogens is 404 g/mol. The van der Waals surface area contributed by atoms with Gasteiger partial charge in [-0.2, -0.15) is 0 Å². The van der Waals surface area contributed by atoms with Crippen LogP contribution >= 0.6 is 0 Å². The van der Waals surface area contributed by atoms with Gasteiger partial charge in [0.15, 0.2) is 5.82 Å². The van der Waals surface area contributed by atoms with Gasteiger partial charge in [-0.05, 0) is 43.2 Å². The van der Waals surface area contributed by atoms with E-state index in [9.17, 15) is 4.79 Å². The van der Waals surface area contributed by atoms with Crippen LogP contribution in [0.5, 0.6) is 0 Å². The molecule has 6 rings (SSSR count). The normalized spacial score (nSPS) is 13.4. The number of benzene rings is 1. The smallest absolute Gasteiger partial charge is 0.274 e. The molecule has 1 amide bonds. The van der Waals surface area contributed by atoms with Crippen molar-refractivity contribution < 1.29 is 4.79 Å². The predicted molar refractivity (Wildman–Crippen MR) is 118 cm³/mol. The number of fused-ring (bicyclic) bond motifs is 1. The second-order valence-electron chi connectivity index (χ2n) is 7.71. The van der Waals surface area contributed by atoms with Gasteiger partial charge in [-0.15, -0.1) is 10.2 Å². The number of nitrogens with zero attached hydrogens (tertiary/aromatic N) is 7. The minimum Gasteiger partial charge on any atom is -0.321 e. The largest absolute Gasteiger partial charge is 0.321 e. The van der Waals surface area contributed by atoms with Crippen LogP contribution in [-0.4, -0.2) is 40.2 Å². The number of hydrogen-bond donors (Lipinski definition) is 1. The zero-order valence-electron chi connectivity index (χ0n) is 17.0. The lowest BCUT2D eigenvalue weighted by molar-refractivity contribution is 0.102. The summed E-state index contributed by atoms with van der Waals surface area (Å²) >= 11 is 0. The lowest BCUT2D eigenvalue weighted by atomic mass is 10.2. The number of rotatable bonds is 5. The van der Waals surface area contributed by atoms with E-state index in [1.165, 1.54) is 0 Å². The van der Waals surface area contributed by atoms with Crippen molar-refractivity contribution in [1.29, 1.82) is 0 Å². The van der Waals surface area contributed by atoms with E-state index >= 15 is 0 Å². The van der Waals surface area contributed by atoms with E-state index in [4.69, 9.17) is 0 Å². The van der Waals surface area contributed by atoms with E-state index in [1.807, 2.05) is 41.0 Å². The number of pyridine rings is 2. The van der Waals surface area contributed by atoms with Gasteiger partial charge in [-0.3, -0.25) is 19.3 Å². The second kappa shape index (κ2) is 7.38. The molecule has 32 heavy (non-hydrogen) atoms. The fraction of sp³-hybridized carbons (Fsp3) is 0.130. The quantitative estimate of drug-likeness (QED) is 0.464. The van der Waals surface area contributed by atoms with Crippen LogP contribution in [0.15, 0.2) is 73.7 Å². The lowest BCUT2D eigenvalue weighted by Gasteiger charge is -2.09. The molecule has 1 aliphatic carbocycles. The summed E-state index contributed by atoms with van der Waals surface area (Å²) in [6, 6.07) is 13.5. The maximum atomic E-state index is 12.9. The molecule has 1 aliphatic rings. The zero-order valence-corrected chi connectivity index (χ0v) is 17.0. The molecule has 0 aliphatic heterocycles. The van der Waals surface area contributed by atoms with Crippen molar-refractivity contribution >= 4 is 22.6 Å².